The predicted molar refractivity (Wildman–Crippen MR) is 86.1 cm³/mol. The fourth-order valence-electron chi connectivity index (χ4n) is 1.91. The van der Waals surface area contributed by atoms with Gasteiger partial charge < -0.3 is 5.32 Å². The molecule has 0 spiro atoms. The molecule has 0 aliphatic rings. The zero-order valence-corrected chi connectivity index (χ0v) is 13.9. The molecule has 0 bridgehead atoms. The van der Waals surface area contributed by atoms with E-state index in [-0.39, 0.29) is 10.6 Å². The van der Waals surface area contributed by atoms with Crippen LogP contribution in [0.4, 0.5) is 14.5 Å². The van der Waals surface area contributed by atoms with E-state index in [9.17, 15) is 22.0 Å². The van der Waals surface area contributed by atoms with Gasteiger partial charge in [-0.2, -0.15) is 0 Å². The molecule has 5 nitrogen and oxygen atoms in total. The van der Waals surface area contributed by atoms with Gasteiger partial charge >= 0.3 is 0 Å². The Morgan fingerprint density at radius 3 is 2.38 bits per heavy atom. The molecule has 2 N–H and O–H groups in total. The quantitative estimate of drug-likeness (QED) is 0.866. The lowest BCUT2D eigenvalue weighted by Crippen LogP contribution is -2.33. The highest BCUT2D eigenvalue weighted by molar-refractivity contribution is 7.89. The van der Waals surface area contributed by atoms with Crippen LogP contribution in [0.15, 0.2) is 41.3 Å². The number of benzene rings is 2. The summed E-state index contributed by atoms with van der Waals surface area (Å²) in [4.78, 5) is 11.8. The van der Waals surface area contributed by atoms with Crippen LogP contribution in [0.2, 0.25) is 0 Å². The lowest BCUT2D eigenvalue weighted by Gasteiger charge is -2.10. The number of carbonyl (C=O) groups excluding carboxylic acids is 1. The van der Waals surface area contributed by atoms with Gasteiger partial charge in [0.1, 0.15) is 11.6 Å². The van der Waals surface area contributed by atoms with Crippen molar-refractivity contribution in [2.45, 2.75) is 18.7 Å². The average Bonchev–Trinajstić information content (AvgIpc) is 2.51. The molecule has 0 saturated carbocycles. The minimum Gasteiger partial charge on any atom is -0.322 e. The molecular weight excluding hydrogens is 338 g/mol. The molecule has 0 radical (unpaired) electrons. The summed E-state index contributed by atoms with van der Waals surface area (Å²) in [6, 6.07) is 7.25. The van der Waals surface area contributed by atoms with Crippen molar-refractivity contribution >= 4 is 21.6 Å². The molecule has 0 fully saturated rings. The first-order valence-electron chi connectivity index (χ1n) is 7.01. The van der Waals surface area contributed by atoms with E-state index in [2.05, 4.69) is 10.0 Å². The topological polar surface area (TPSA) is 75.3 Å². The maximum absolute atomic E-state index is 13.4. The molecule has 0 atom stereocenters. The molecule has 0 aliphatic carbocycles. The van der Waals surface area contributed by atoms with Crippen LogP contribution < -0.4 is 10.0 Å². The zero-order chi connectivity index (χ0) is 17.9. The van der Waals surface area contributed by atoms with Gasteiger partial charge in [0, 0.05) is 6.07 Å². The Hall–Kier alpha value is -2.32. The first-order chi connectivity index (χ1) is 11.2. The van der Waals surface area contributed by atoms with Gasteiger partial charge in [0.15, 0.2) is 0 Å². The van der Waals surface area contributed by atoms with E-state index in [0.29, 0.717) is 6.07 Å². The van der Waals surface area contributed by atoms with E-state index in [4.69, 9.17) is 0 Å². The molecule has 2 rings (SSSR count). The second kappa shape index (κ2) is 7.06. The highest BCUT2D eigenvalue weighted by Crippen LogP contribution is 2.16. The lowest BCUT2D eigenvalue weighted by atomic mass is 10.1. The van der Waals surface area contributed by atoms with Gasteiger partial charge in [-0.1, -0.05) is 6.07 Å². The van der Waals surface area contributed by atoms with Crippen LogP contribution in [0.5, 0.6) is 0 Å². The monoisotopic (exact) mass is 354 g/mol. The third-order valence-electron chi connectivity index (χ3n) is 3.42. The number of rotatable bonds is 5. The number of nitrogens with one attached hydrogen (secondary N) is 2. The molecule has 0 saturated heterocycles. The first-order valence-corrected chi connectivity index (χ1v) is 8.49. The number of halogens is 2. The zero-order valence-electron chi connectivity index (χ0n) is 13.1. The summed E-state index contributed by atoms with van der Waals surface area (Å²) in [5.74, 6) is -2.49. The van der Waals surface area contributed by atoms with Crippen LogP contribution in [0.25, 0.3) is 0 Å². The summed E-state index contributed by atoms with van der Waals surface area (Å²) in [5.41, 5.74) is 1.51. The van der Waals surface area contributed by atoms with Gasteiger partial charge in [0.05, 0.1) is 17.1 Å². The van der Waals surface area contributed by atoms with Crippen molar-refractivity contribution in [1.29, 1.82) is 0 Å². The number of aryl methyl sites for hydroxylation is 2. The Kier molecular flexibility index (Phi) is 5.30. The highest BCUT2D eigenvalue weighted by atomic mass is 32.2. The average molecular weight is 354 g/mol. The van der Waals surface area contributed by atoms with Gasteiger partial charge in [-0.05, 0) is 49.2 Å². The number of anilines is 1. The molecule has 2 aromatic carbocycles. The van der Waals surface area contributed by atoms with E-state index >= 15 is 0 Å². The van der Waals surface area contributed by atoms with Crippen LogP contribution in [0.3, 0.4) is 0 Å². The molecule has 8 heteroatoms. The maximum Gasteiger partial charge on any atom is 0.241 e. The van der Waals surface area contributed by atoms with E-state index in [0.717, 1.165) is 23.3 Å². The molecule has 128 valence electrons. The summed E-state index contributed by atoms with van der Waals surface area (Å²) in [6.45, 7) is 3.05. The van der Waals surface area contributed by atoms with E-state index in [1.165, 1.54) is 12.1 Å². The molecule has 2 aromatic rings. The van der Waals surface area contributed by atoms with Crippen molar-refractivity contribution in [3.05, 3.63) is 59.2 Å². The van der Waals surface area contributed by atoms with Gasteiger partial charge in [0.25, 0.3) is 0 Å². The SMILES string of the molecule is Cc1ccc(S(=O)(=O)NCC(=O)Nc2ccc(F)cc2F)cc1C. The Balaban J connectivity index is 2.03. The van der Waals surface area contributed by atoms with Crippen LogP contribution in [0, 0.1) is 25.5 Å². The first kappa shape index (κ1) is 18.0. The van der Waals surface area contributed by atoms with Gasteiger partial charge in [-0.15, -0.1) is 0 Å². The Labute approximate surface area is 138 Å². The number of amides is 1. The van der Waals surface area contributed by atoms with Gasteiger partial charge in [-0.3, -0.25) is 4.79 Å². The van der Waals surface area contributed by atoms with Gasteiger partial charge in [-0.25, -0.2) is 21.9 Å². The van der Waals surface area contributed by atoms with E-state index < -0.39 is 34.1 Å². The Morgan fingerprint density at radius 1 is 1.04 bits per heavy atom. The fourth-order valence-corrected chi connectivity index (χ4v) is 2.98. The van der Waals surface area contributed by atoms with Crippen molar-refractivity contribution in [3.8, 4) is 0 Å². The second-order valence-corrected chi connectivity index (χ2v) is 7.01. The van der Waals surface area contributed by atoms with Crippen LogP contribution in [-0.4, -0.2) is 20.9 Å². The number of sulfonamides is 1. The molecule has 0 unspecified atom stereocenters. The molecule has 0 aliphatic heterocycles. The minimum atomic E-state index is -3.87. The second-order valence-electron chi connectivity index (χ2n) is 5.24. The van der Waals surface area contributed by atoms with Crippen LogP contribution in [-0.2, 0) is 14.8 Å². The van der Waals surface area contributed by atoms with Crippen molar-refractivity contribution in [3.63, 3.8) is 0 Å². The number of hydrogen-bond donors (Lipinski definition) is 2. The predicted octanol–water partition coefficient (Wildman–Crippen LogP) is 2.50. The molecule has 24 heavy (non-hydrogen) atoms. The van der Waals surface area contributed by atoms with Crippen molar-refractivity contribution in [2.75, 3.05) is 11.9 Å². The molecule has 0 heterocycles. The fraction of sp³-hybridized carbons (Fsp3) is 0.188. The highest BCUT2D eigenvalue weighted by Gasteiger charge is 2.16. The summed E-state index contributed by atoms with van der Waals surface area (Å²) in [7, 11) is -3.87. The van der Waals surface area contributed by atoms with Crippen LogP contribution in [0.1, 0.15) is 11.1 Å². The summed E-state index contributed by atoms with van der Waals surface area (Å²) in [5, 5.41) is 2.17. The maximum atomic E-state index is 13.4. The lowest BCUT2D eigenvalue weighted by molar-refractivity contribution is -0.115. The van der Waals surface area contributed by atoms with Crippen molar-refractivity contribution in [2.24, 2.45) is 0 Å². The Bertz CT molecular complexity index is 883. The molecule has 0 aromatic heterocycles. The number of carbonyl (C=O) groups is 1. The summed E-state index contributed by atoms with van der Waals surface area (Å²) < 4.78 is 52.7. The van der Waals surface area contributed by atoms with Crippen molar-refractivity contribution < 1.29 is 22.0 Å². The third kappa shape index (κ3) is 4.36. The minimum absolute atomic E-state index is 0.0337. The van der Waals surface area contributed by atoms with E-state index in [1.54, 1.807) is 13.0 Å². The van der Waals surface area contributed by atoms with Gasteiger partial charge in [0.2, 0.25) is 15.9 Å². The van der Waals surface area contributed by atoms with Crippen molar-refractivity contribution in [1.82, 2.24) is 4.72 Å². The normalized spacial score (nSPS) is 11.3. The van der Waals surface area contributed by atoms with Crippen LogP contribution >= 0.6 is 0 Å². The third-order valence-corrected chi connectivity index (χ3v) is 4.82. The summed E-state index contributed by atoms with van der Waals surface area (Å²) >= 11 is 0. The smallest absolute Gasteiger partial charge is 0.241 e. The molecule has 1 amide bonds. The largest absolute Gasteiger partial charge is 0.322 e. The molecular formula is C16H16F2N2O3S. The standard InChI is InChI=1S/C16H16F2N2O3S/c1-10-3-5-13(7-11(10)2)24(22,23)19-9-16(21)20-15-6-4-12(17)8-14(15)18/h3-8,19H,9H2,1-2H3,(H,20,21). The summed E-state index contributed by atoms with van der Waals surface area (Å²) in [6.07, 6.45) is 0. The Morgan fingerprint density at radius 2 is 1.75 bits per heavy atom. The number of hydrogen-bond acceptors (Lipinski definition) is 3. The van der Waals surface area contributed by atoms with E-state index in [1.807, 2.05) is 6.92 Å².